The highest BCUT2D eigenvalue weighted by atomic mass is 16.5. The van der Waals surface area contributed by atoms with Gasteiger partial charge in [-0.2, -0.15) is 0 Å². The summed E-state index contributed by atoms with van der Waals surface area (Å²) in [5.74, 6) is -0.746. The van der Waals surface area contributed by atoms with Gasteiger partial charge in [-0.05, 0) is 19.4 Å². The molecular formula is C18H37NO3. The molecule has 0 bridgehead atoms. The molecule has 4 nitrogen and oxygen atoms in total. The Morgan fingerprint density at radius 3 is 1.95 bits per heavy atom. The van der Waals surface area contributed by atoms with E-state index in [1.165, 1.54) is 64.2 Å². The van der Waals surface area contributed by atoms with Crippen LogP contribution in [0, 0.1) is 0 Å². The van der Waals surface area contributed by atoms with Crippen LogP contribution < -0.4 is 5.32 Å². The van der Waals surface area contributed by atoms with Gasteiger partial charge < -0.3 is 15.2 Å². The van der Waals surface area contributed by atoms with E-state index in [9.17, 15) is 4.79 Å². The Labute approximate surface area is 137 Å². The van der Waals surface area contributed by atoms with Gasteiger partial charge in [-0.25, -0.2) is 0 Å². The predicted molar refractivity (Wildman–Crippen MR) is 92.4 cm³/mol. The molecule has 0 spiro atoms. The van der Waals surface area contributed by atoms with Crippen LogP contribution in [0.15, 0.2) is 0 Å². The van der Waals surface area contributed by atoms with E-state index >= 15 is 0 Å². The fourth-order valence-corrected chi connectivity index (χ4v) is 2.41. The summed E-state index contributed by atoms with van der Waals surface area (Å²) in [5, 5.41) is 11.6. The zero-order chi connectivity index (χ0) is 16.3. The number of rotatable bonds is 18. The summed E-state index contributed by atoms with van der Waals surface area (Å²) >= 11 is 0. The van der Waals surface area contributed by atoms with Gasteiger partial charge in [0.25, 0.3) is 0 Å². The molecule has 2 N–H and O–H groups in total. The number of carboxylic acids is 1. The summed E-state index contributed by atoms with van der Waals surface area (Å²) in [6.07, 6.45) is 14.7. The monoisotopic (exact) mass is 315 g/mol. The first kappa shape index (κ1) is 21.4. The van der Waals surface area contributed by atoms with Crippen molar-refractivity contribution < 1.29 is 14.6 Å². The molecule has 0 saturated carbocycles. The maximum Gasteiger partial charge on any atom is 0.304 e. The van der Waals surface area contributed by atoms with Gasteiger partial charge in [0.1, 0.15) is 0 Å². The van der Waals surface area contributed by atoms with Crippen molar-refractivity contribution in [3.8, 4) is 0 Å². The van der Waals surface area contributed by atoms with Crippen molar-refractivity contribution in [2.24, 2.45) is 0 Å². The van der Waals surface area contributed by atoms with Gasteiger partial charge in [-0.1, -0.05) is 64.7 Å². The van der Waals surface area contributed by atoms with E-state index in [2.05, 4.69) is 12.2 Å². The van der Waals surface area contributed by atoms with E-state index in [-0.39, 0.29) is 6.42 Å². The molecule has 0 aliphatic heterocycles. The van der Waals surface area contributed by atoms with E-state index in [1.807, 2.05) is 0 Å². The molecule has 0 amide bonds. The van der Waals surface area contributed by atoms with Gasteiger partial charge in [0.2, 0.25) is 0 Å². The number of aliphatic carboxylic acids is 1. The van der Waals surface area contributed by atoms with Crippen LogP contribution in [0.25, 0.3) is 0 Å². The highest BCUT2D eigenvalue weighted by Gasteiger charge is 1.96. The average molecular weight is 315 g/mol. The first-order valence-corrected chi connectivity index (χ1v) is 9.27. The summed E-state index contributed by atoms with van der Waals surface area (Å²) in [5.41, 5.74) is 0. The van der Waals surface area contributed by atoms with Crippen LogP contribution in [0.4, 0.5) is 0 Å². The largest absolute Gasteiger partial charge is 0.481 e. The second-order valence-electron chi connectivity index (χ2n) is 6.04. The lowest BCUT2D eigenvalue weighted by Crippen LogP contribution is -2.20. The molecule has 0 aromatic rings. The van der Waals surface area contributed by atoms with Crippen LogP contribution in [0.5, 0.6) is 0 Å². The second kappa shape index (κ2) is 18.4. The maximum absolute atomic E-state index is 10.3. The van der Waals surface area contributed by atoms with Gasteiger partial charge in [0, 0.05) is 19.8 Å². The first-order chi connectivity index (χ1) is 10.8. The molecular weight excluding hydrogens is 278 g/mol. The van der Waals surface area contributed by atoms with Crippen molar-refractivity contribution in [2.75, 3.05) is 26.3 Å². The highest BCUT2D eigenvalue weighted by molar-refractivity contribution is 5.66. The van der Waals surface area contributed by atoms with Crippen LogP contribution in [0.1, 0.15) is 84.0 Å². The third kappa shape index (κ3) is 19.4. The predicted octanol–water partition coefficient (Wildman–Crippen LogP) is 4.38. The van der Waals surface area contributed by atoms with Crippen molar-refractivity contribution in [3.63, 3.8) is 0 Å². The van der Waals surface area contributed by atoms with E-state index in [1.54, 1.807) is 0 Å². The van der Waals surface area contributed by atoms with Gasteiger partial charge >= 0.3 is 5.97 Å². The van der Waals surface area contributed by atoms with Crippen LogP contribution in [-0.2, 0) is 9.53 Å². The summed E-state index contributed by atoms with van der Waals surface area (Å²) in [4.78, 5) is 10.3. The third-order valence-electron chi connectivity index (χ3n) is 3.80. The highest BCUT2D eigenvalue weighted by Crippen LogP contribution is 2.10. The maximum atomic E-state index is 10.3. The van der Waals surface area contributed by atoms with Crippen LogP contribution in [0.3, 0.4) is 0 Å². The fraction of sp³-hybridized carbons (Fsp3) is 0.944. The number of nitrogens with one attached hydrogen (secondary N) is 1. The van der Waals surface area contributed by atoms with Crippen molar-refractivity contribution in [2.45, 2.75) is 84.0 Å². The Kier molecular flexibility index (Phi) is 17.9. The molecule has 132 valence electrons. The normalized spacial score (nSPS) is 11.0. The molecule has 0 heterocycles. The van der Waals surface area contributed by atoms with E-state index in [0.29, 0.717) is 6.54 Å². The van der Waals surface area contributed by atoms with Crippen molar-refractivity contribution >= 4 is 5.97 Å². The second-order valence-corrected chi connectivity index (χ2v) is 6.04. The number of carboxylic acid groups (broad SMARTS) is 1. The molecule has 0 atom stereocenters. The number of ether oxygens (including phenoxy) is 1. The number of hydrogen-bond acceptors (Lipinski definition) is 3. The summed E-state index contributed by atoms with van der Waals surface area (Å²) in [6.45, 7) is 5.29. The summed E-state index contributed by atoms with van der Waals surface area (Å²) in [6, 6.07) is 0. The molecule has 0 aliphatic rings. The Hall–Kier alpha value is -0.610. The minimum absolute atomic E-state index is 0.194. The Morgan fingerprint density at radius 2 is 1.36 bits per heavy atom. The fourth-order valence-electron chi connectivity index (χ4n) is 2.41. The van der Waals surface area contributed by atoms with Gasteiger partial charge in [-0.3, -0.25) is 4.79 Å². The van der Waals surface area contributed by atoms with Crippen molar-refractivity contribution in [3.05, 3.63) is 0 Å². The lowest BCUT2D eigenvalue weighted by Gasteiger charge is -2.05. The first-order valence-electron chi connectivity index (χ1n) is 9.27. The van der Waals surface area contributed by atoms with E-state index in [4.69, 9.17) is 9.84 Å². The molecule has 4 heteroatoms. The topological polar surface area (TPSA) is 58.6 Å². The Bertz CT molecular complexity index is 234. The van der Waals surface area contributed by atoms with Crippen molar-refractivity contribution in [1.29, 1.82) is 0 Å². The summed E-state index contributed by atoms with van der Waals surface area (Å²) < 4.78 is 5.58. The minimum Gasteiger partial charge on any atom is -0.481 e. The van der Waals surface area contributed by atoms with E-state index in [0.717, 1.165) is 26.2 Å². The molecule has 0 radical (unpaired) electrons. The zero-order valence-corrected chi connectivity index (χ0v) is 14.6. The minimum atomic E-state index is -0.746. The standard InChI is InChI=1S/C18H37NO3/c1-2-3-4-5-6-7-8-9-10-11-16-22-17-12-14-19-15-13-18(20)21/h19H,2-17H2,1H3,(H,20,21). The molecule has 0 aromatic heterocycles. The molecule has 0 rings (SSSR count). The molecule has 22 heavy (non-hydrogen) atoms. The van der Waals surface area contributed by atoms with Crippen LogP contribution >= 0.6 is 0 Å². The lowest BCUT2D eigenvalue weighted by molar-refractivity contribution is -0.136. The zero-order valence-electron chi connectivity index (χ0n) is 14.6. The SMILES string of the molecule is CCCCCCCCCCCCOCCCNCCC(=O)O. The lowest BCUT2D eigenvalue weighted by atomic mass is 10.1. The molecule has 0 unspecified atom stereocenters. The molecule has 0 aromatic carbocycles. The van der Waals surface area contributed by atoms with E-state index < -0.39 is 5.97 Å². The van der Waals surface area contributed by atoms with Gasteiger partial charge in [0.05, 0.1) is 6.42 Å². The molecule has 0 aliphatic carbocycles. The Morgan fingerprint density at radius 1 is 0.818 bits per heavy atom. The van der Waals surface area contributed by atoms with Gasteiger partial charge in [0.15, 0.2) is 0 Å². The average Bonchev–Trinajstić information content (AvgIpc) is 2.50. The van der Waals surface area contributed by atoms with Gasteiger partial charge in [-0.15, -0.1) is 0 Å². The Balaban J connectivity index is 2.95. The molecule has 0 saturated heterocycles. The number of unbranched alkanes of at least 4 members (excludes halogenated alkanes) is 9. The number of carbonyl (C=O) groups is 1. The third-order valence-corrected chi connectivity index (χ3v) is 3.80. The summed E-state index contributed by atoms with van der Waals surface area (Å²) in [7, 11) is 0. The number of hydrogen-bond donors (Lipinski definition) is 2. The van der Waals surface area contributed by atoms with Crippen molar-refractivity contribution in [1.82, 2.24) is 5.32 Å². The smallest absolute Gasteiger partial charge is 0.304 e. The molecule has 0 fully saturated rings. The van der Waals surface area contributed by atoms with Crippen LogP contribution in [0.2, 0.25) is 0 Å². The van der Waals surface area contributed by atoms with Crippen LogP contribution in [-0.4, -0.2) is 37.4 Å². The quantitative estimate of drug-likeness (QED) is 0.369.